The van der Waals surface area contributed by atoms with E-state index in [-0.39, 0.29) is 12.2 Å². The molecule has 4 heteroatoms. The first kappa shape index (κ1) is 6.64. The molecule has 1 heterocycles. The topological polar surface area (TPSA) is 67.5 Å². The minimum atomic E-state index is -0.0511. The molecule has 1 saturated heterocycles. The maximum Gasteiger partial charge on any atom is 0.104 e. The molecule has 1 rings (SSSR count). The number of nitrogens with one attached hydrogen (secondary N) is 1. The lowest BCUT2D eigenvalue weighted by Gasteiger charge is -2.22. The molecule has 0 amide bonds. The van der Waals surface area contributed by atoms with Gasteiger partial charge in [0.2, 0.25) is 0 Å². The molecule has 1 fully saturated rings. The van der Waals surface area contributed by atoms with Crippen molar-refractivity contribution >= 4 is 0 Å². The highest BCUT2D eigenvalue weighted by molar-refractivity contribution is 4.77. The smallest absolute Gasteiger partial charge is 0.104 e. The van der Waals surface area contributed by atoms with Crippen molar-refractivity contribution in [1.29, 1.82) is 0 Å². The van der Waals surface area contributed by atoms with Crippen LogP contribution in [0.5, 0.6) is 0 Å². The van der Waals surface area contributed by atoms with Gasteiger partial charge < -0.3 is 5.73 Å². The van der Waals surface area contributed by atoms with Crippen LogP contribution in [0.1, 0.15) is 12.8 Å². The average Bonchev–Trinajstić information content (AvgIpc) is 1.90. The molecule has 2 unspecified atom stereocenters. The van der Waals surface area contributed by atoms with Crippen LogP contribution in [0.15, 0.2) is 5.18 Å². The van der Waals surface area contributed by atoms with E-state index in [2.05, 4.69) is 10.5 Å². The molecule has 0 aromatic carbocycles. The van der Waals surface area contributed by atoms with E-state index >= 15 is 0 Å². The SMILES string of the molecule is NC1CCC(N=O)CN1. The molecular weight excluding hydrogens is 118 g/mol. The Bertz CT molecular complexity index is 98.4. The molecule has 0 radical (unpaired) electrons. The molecule has 9 heavy (non-hydrogen) atoms. The zero-order valence-corrected chi connectivity index (χ0v) is 5.21. The predicted octanol–water partition coefficient (Wildman–Crippen LogP) is -0.210. The van der Waals surface area contributed by atoms with E-state index in [1.165, 1.54) is 0 Å². The molecule has 3 N–H and O–H groups in total. The Balaban J connectivity index is 2.26. The summed E-state index contributed by atoms with van der Waals surface area (Å²) in [5, 5.41) is 5.88. The molecule has 0 saturated carbocycles. The van der Waals surface area contributed by atoms with Crippen LogP contribution in [0.4, 0.5) is 0 Å². The van der Waals surface area contributed by atoms with Crippen LogP contribution in [0.3, 0.4) is 0 Å². The summed E-state index contributed by atoms with van der Waals surface area (Å²) < 4.78 is 0. The largest absolute Gasteiger partial charge is 0.316 e. The van der Waals surface area contributed by atoms with E-state index < -0.39 is 0 Å². The molecular formula is C5H11N3O. The molecule has 0 bridgehead atoms. The first-order valence-electron chi connectivity index (χ1n) is 3.14. The van der Waals surface area contributed by atoms with Gasteiger partial charge in [-0.1, -0.05) is 5.18 Å². The third-order valence-corrected chi connectivity index (χ3v) is 1.58. The quantitative estimate of drug-likeness (QED) is 0.481. The summed E-state index contributed by atoms with van der Waals surface area (Å²) in [5.74, 6) is 0. The first-order valence-corrected chi connectivity index (χ1v) is 3.14. The zero-order chi connectivity index (χ0) is 6.69. The van der Waals surface area contributed by atoms with Crippen LogP contribution in [0, 0.1) is 4.91 Å². The highest BCUT2D eigenvalue weighted by Gasteiger charge is 2.17. The minimum absolute atomic E-state index is 0.0511. The zero-order valence-electron chi connectivity index (χ0n) is 5.21. The molecule has 4 nitrogen and oxygen atoms in total. The van der Waals surface area contributed by atoms with Crippen molar-refractivity contribution in [3.05, 3.63) is 4.91 Å². The lowest BCUT2D eigenvalue weighted by Crippen LogP contribution is -2.45. The second-order valence-corrected chi connectivity index (χ2v) is 2.35. The third-order valence-electron chi connectivity index (χ3n) is 1.58. The van der Waals surface area contributed by atoms with Gasteiger partial charge in [-0.05, 0) is 12.8 Å². The van der Waals surface area contributed by atoms with E-state index in [9.17, 15) is 4.91 Å². The van der Waals surface area contributed by atoms with Gasteiger partial charge in [0, 0.05) is 6.54 Å². The fraction of sp³-hybridized carbons (Fsp3) is 1.00. The number of nitroso groups, excluding NO2 is 1. The van der Waals surface area contributed by atoms with E-state index in [1.807, 2.05) is 0 Å². The van der Waals surface area contributed by atoms with Gasteiger partial charge in [-0.15, -0.1) is 0 Å². The van der Waals surface area contributed by atoms with E-state index in [0.29, 0.717) is 6.54 Å². The standard InChI is InChI=1S/C5H11N3O/c6-5-2-1-4(8-9)3-7-5/h4-5,7H,1-3,6H2. The Morgan fingerprint density at radius 2 is 2.33 bits per heavy atom. The van der Waals surface area contributed by atoms with Crippen LogP contribution in [0.2, 0.25) is 0 Å². The number of rotatable bonds is 1. The first-order chi connectivity index (χ1) is 4.33. The van der Waals surface area contributed by atoms with Gasteiger partial charge in [-0.3, -0.25) is 5.32 Å². The normalized spacial score (nSPS) is 36.1. The van der Waals surface area contributed by atoms with Gasteiger partial charge in [-0.25, -0.2) is 0 Å². The van der Waals surface area contributed by atoms with Gasteiger partial charge in [-0.2, -0.15) is 4.91 Å². The molecule has 0 spiro atoms. The van der Waals surface area contributed by atoms with Crippen molar-refractivity contribution in [1.82, 2.24) is 5.32 Å². The van der Waals surface area contributed by atoms with E-state index in [1.54, 1.807) is 0 Å². The number of nitrogens with zero attached hydrogens (tertiary/aromatic N) is 1. The molecule has 1 aliphatic rings. The Kier molecular flexibility index (Phi) is 2.13. The van der Waals surface area contributed by atoms with Crippen LogP contribution in [0.25, 0.3) is 0 Å². The van der Waals surface area contributed by atoms with Gasteiger partial charge >= 0.3 is 0 Å². The number of nitrogens with two attached hydrogens (primary N) is 1. The number of hydrogen-bond acceptors (Lipinski definition) is 4. The highest BCUT2D eigenvalue weighted by atomic mass is 16.3. The summed E-state index contributed by atoms with van der Waals surface area (Å²) in [5.41, 5.74) is 5.50. The van der Waals surface area contributed by atoms with Crippen LogP contribution >= 0.6 is 0 Å². The van der Waals surface area contributed by atoms with Gasteiger partial charge in [0.1, 0.15) is 6.04 Å². The van der Waals surface area contributed by atoms with E-state index in [0.717, 1.165) is 12.8 Å². The van der Waals surface area contributed by atoms with Crippen molar-refractivity contribution in [2.45, 2.75) is 25.0 Å². The van der Waals surface area contributed by atoms with Crippen molar-refractivity contribution in [3.8, 4) is 0 Å². The van der Waals surface area contributed by atoms with Crippen molar-refractivity contribution in [3.63, 3.8) is 0 Å². The van der Waals surface area contributed by atoms with Crippen molar-refractivity contribution < 1.29 is 0 Å². The van der Waals surface area contributed by atoms with Crippen LogP contribution in [-0.4, -0.2) is 18.8 Å². The minimum Gasteiger partial charge on any atom is -0.316 e. The Labute approximate surface area is 53.8 Å². The highest BCUT2D eigenvalue weighted by Crippen LogP contribution is 2.06. The van der Waals surface area contributed by atoms with Crippen LogP contribution < -0.4 is 11.1 Å². The van der Waals surface area contributed by atoms with Gasteiger partial charge in [0.15, 0.2) is 0 Å². The summed E-state index contributed by atoms with van der Waals surface area (Å²) in [7, 11) is 0. The average molecular weight is 129 g/mol. The summed E-state index contributed by atoms with van der Waals surface area (Å²) in [6.07, 6.45) is 1.76. The predicted molar refractivity (Wildman–Crippen MR) is 34.8 cm³/mol. The number of piperidine rings is 1. The van der Waals surface area contributed by atoms with Gasteiger partial charge in [0.05, 0.1) is 6.17 Å². The van der Waals surface area contributed by atoms with Crippen molar-refractivity contribution in [2.75, 3.05) is 6.54 Å². The summed E-state index contributed by atoms with van der Waals surface area (Å²) >= 11 is 0. The molecule has 1 aliphatic heterocycles. The Morgan fingerprint density at radius 1 is 1.56 bits per heavy atom. The number of hydrogen-bond donors (Lipinski definition) is 2. The lowest BCUT2D eigenvalue weighted by molar-refractivity contribution is 0.373. The maximum absolute atomic E-state index is 9.94. The second-order valence-electron chi connectivity index (χ2n) is 2.35. The fourth-order valence-corrected chi connectivity index (χ4v) is 0.953. The molecule has 0 aromatic heterocycles. The Morgan fingerprint density at radius 3 is 2.78 bits per heavy atom. The van der Waals surface area contributed by atoms with E-state index in [4.69, 9.17) is 5.73 Å². The summed E-state index contributed by atoms with van der Waals surface area (Å²) in [4.78, 5) is 9.94. The molecule has 0 aromatic rings. The molecule has 2 atom stereocenters. The molecule has 0 aliphatic carbocycles. The van der Waals surface area contributed by atoms with Gasteiger partial charge in [0.25, 0.3) is 0 Å². The van der Waals surface area contributed by atoms with Crippen LogP contribution in [-0.2, 0) is 0 Å². The Hall–Kier alpha value is -0.480. The van der Waals surface area contributed by atoms with Crippen molar-refractivity contribution in [2.24, 2.45) is 10.9 Å². The second kappa shape index (κ2) is 2.89. The maximum atomic E-state index is 9.94. The summed E-state index contributed by atoms with van der Waals surface area (Å²) in [6, 6.07) is -0.0511. The summed E-state index contributed by atoms with van der Waals surface area (Å²) in [6.45, 7) is 0.644. The third kappa shape index (κ3) is 1.73. The monoisotopic (exact) mass is 129 g/mol. The fourth-order valence-electron chi connectivity index (χ4n) is 0.953. The lowest BCUT2D eigenvalue weighted by atomic mass is 10.1. The molecule has 52 valence electrons.